The van der Waals surface area contributed by atoms with Gasteiger partial charge in [0.25, 0.3) is 0 Å². The molecule has 0 aliphatic rings. The number of rotatable bonds is 4. The molecule has 2 nitrogen and oxygen atoms in total. The van der Waals surface area contributed by atoms with Gasteiger partial charge in [0.15, 0.2) is 0 Å². The van der Waals surface area contributed by atoms with E-state index < -0.39 is 24.5 Å². The van der Waals surface area contributed by atoms with Gasteiger partial charge >= 0.3 is 6.18 Å². The highest BCUT2D eigenvalue weighted by Gasteiger charge is 2.28. The van der Waals surface area contributed by atoms with Gasteiger partial charge in [-0.3, -0.25) is 0 Å². The van der Waals surface area contributed by atoms with E-state index in [2.05, 4.69) is 0 Å². The van der Waals surface area contributed by atoms with Crippen molar-refractivity contribution in [3.05, 3.63) is 29.6 Å². The van der Waals surface area contributed by atoms with Crippen LogP contribution in [0.5, 0.6) is 5.75 Å². The van der Waals surface area contributed by atoms with Gasteiger partial charge in [0.1, 0.15) is 11.6 Å². The molecule has 1 aromatic rings. The Hall–Kier alpha value is -1.01. The lowest BCUT2D eigenvalue weighted by molar-refractivity contribution is -0.136. The van der Waals surface area contributed by atoms with E-state index in [1.165, 1.54) is 13.2 Å². The number of nitrogens with two attached hydrogens (primary N) is 1. The van der Waals surface area contributed by atoms with E-state index in [0.717, 1.165) is 12.1 Å². The summed E-state index contributed by atoms with van der Waals surface area (Å²) >= 11 is 0. The van der Waals surface area contributed by atoms with E-state index in [-0.39, 0.29) is 24.6 Å². The first-order valence-corrected chi connectivity index (χ1v) is 4.99. The normalized spacial score (nSPS) is 12.8. The van der Waals surface area contributed by atoms with Crippen LogP contribution in [0.1, 0.15) is 24.4 Å². The molecule has 1 aromatic carbocycles. The maximum atomic E-state index is 12.9. The number of benzene rings is 1. The third kappa shape index (κ3) is 5.10. The van der Waals surface area contributed by atoms with Crippen LogP contribution in [-0.2, 0) is 0 Å². The van der Waals surface area contributed by atoms with Crippen molar-refractivity contribution in [2.45, 2.75) is 25.1 Å². The zero-order valence-electron chi connectivity index (χ0n) is 9.63. The second kappa shape index (κ2) is 6.80. The van der Waals surface area contributed by atoms with Crippen LogP contribution in [0.25, 0.3) is 0 Å². The Morgan fingerprint density at radius 1 is 1.33 bits per heavy atom. The summed E-state index contributed by atoms with van der Waals surface area (Å²) in [5, 5.41) is 0. The Kier molecular flexibility index (Phi) is 6.42. The highest BCUT2D eigenvalue weighted by Crippen LogP contribution is 2.30. The predicted octanol–water partition coefficient (Wildman–Crippen LogP) is 3.60. The fraction of sp³-hybridized carbons (Fsp3) is 0.455. The fourth-order valence-electron chi connectivity index (χ4n) is 1.47. The van der Waals surface area contributed by atoms with Crippen LogP contribution in [0, 0.1) is 5.82 Å². The van der Waals surface area contributed by atoms with Gasteiger partial charge in [0, 0.05) is 24.1 Å². The van der Waals surface area contributed by atoms with Gasteiger partial charge in [-0.25, -0.2) is 4.39 Å². The fourth-order valence-corrected chi connectivity index (χ4v) is 1.47. The Balaban J connectivity index is 0.00000289. The van der Waals surface area contributed by atoms with Crippen molar-refractivity contribution in [2.75, 3.05) is 7.11 Å². The minimum Gasteiger partial charge on any atom is -0.496 e. The molecule has 0 spiro atoms. The van der Waals surface area contributed by atoms with Crippen LogP contribution in [0.2, 0.25) is 0 Å². The molecule has 0 unspecified atom stereocenters. The minimum absolute atomic E-state index is 0. The van der Waals surface area contributed by atoms with E-state index >= 15 is 0 Å². The Labute approximate surface area is 109 Å². The second-order valence-electron chi connectivity index (χ2n) is 3.65. The quantitative estimate of drug-likeness (QED) is 0.859. The van der Waals surface area contributed by atoms with E-state index in [4.69, 9.17) is 10.5 Å². The Morgan fingerprint density at radius 2 is 1.94 bits per heavy atom. The third-order valence-electron chi connectivity index (χ3n) is 2.33. The summed E-state index contributed by atoms with van der Waals surface area (Å²) in [7, 11) is 1.31. The summed E-state index contributed by atoms with van der Waals surface area (Å²) in [5.74, 6) is -0.353. The molecule has 2 N–H and O–H groups in total. The van der Waals surface area contributed by atoms with Crippen LogP contribution >= 0.6 is 12.4 Å². The molecule has 0 aliphatic carbocycles. The van der Waals surface area contributed by atoms with Crippen LogP contribution < -0.4 is 10.5 Å². The van der Waals surface area contributed by atoms with Crippen LogP contribution in [-0.4, -0.2) is 13.3 Å². The first-order chi connectivity index (χ1) is 7.83. The number of ether oxygens (including phenoxy) is 1. The summed E-state index contributed by atoms with van der Waals surface area (Å²) in [6.07, 6.45) is -5.48. The predicted molar refractivity (Wildman–Crippen MR) is 62.4 cm³/mol. The molecule has 0 bridgehead atoms. The molecule has 0 aliphatic heterocycles. The molecule has 7 heteroatoms. The molecule has 0 saturated carbocycles. The van der Waals surface area contributed by atoms with Gasteiger partial charge in [-0.15, -0.1) is 12.4 Å². The summed E-state index contributed by atoms with van der Waals surface area (Å²) in [6.45, 7) is 0. The van der Waals surface area contributed by atoms with Crippen LogP contribution in [0.15, 0.2) is 18.2 Å². The number of hydrogen-bond donors (Lipinski definition) is 1. The molecule has 1 rings (SSSR count). The maximum Gasteiger partial charge on any atom is 0.389 e. The molecule has 0 saturated heterocycles. The van der Waals surface area contributed by atoms with E-state index in [1.807, 2.05) is 0 Å². The minimum atomic E-state index is -4.25. The van der Waals surface area contributed by atoms with Crippen molar-refractivity contribution in [2.24, 2.45) is 5.73 Å². The largest absolute Gasteiger partial charge is 0.496 e. The SMILES string of the molecule is COc1cc(F)ccc1[C@@H](N)CCC(F)(F)F.Cl. The number of halogens is 5. The molecule has 0 heterocycles. The summed E-state index contributed by atoms with van der Waals surface area (Å²) in [6, 6.07) is 2.76. The first kappa shape index (κ1) is 17.0. The van der Waals surface area contributed by atoms with Crippen LogP contribution in [0.3, 0.4) is 0 Å². The summed E-state index contributed by atoms with van der Waals surface area (Å²) in [4.78, 5) is 0. The molecule has 104 valence electrons. The molecule has 0 radical (unpaired) electrons. The molecular formula is C11H14ClF4NO. The lowest BCUT2D eigenvalue weighted by atomic mass is 10.0. The zero-order chi connectivity index (χ0) is 13.1. The number of methoxy groups -OCH3 is 1. The average Bonchev–Trinajstić information content (AvgIpc) is 2.24. The summed E-state index contributed by atoms with van der Waals surface area (Å²) in [5.41, 5.74) is 6.00. The molecule has 0 aromatic heterocycles. The van der Waals surface area contributed by atoms with E-state index in [0.29, 0.717) is 5.56 Å². The highest BCUT2D eigenvalue weighted by atomic mass is 35.5. The van der Waals surface area contributed by atoms with Crippen molar-refractivity contribution < 1.29 is 22.3 Å². The molecule has 0 fully saturated rings. The van der Waals surface area contributed by atoms with Gasteiger partial charge in [-0.05, 0) is 12.5 Å². The zero-order valence-corrected chi connectivity index (χ0v) is 10.4. The topological polar surface area (TPSA) is 35.2 Å². The molecule has 1 atom stereocenters. The number of hydrogen-bond acceptors (Lipinski definition) is 2. The smallest absolute Gasteiger partial charge is 0.389 e. The highest BCUT2D eigenvalue weighted by molar-refractivity contribution is 5.85. The Morgan fingerprint density at radius 3 is 2.44 bits per heavy atom. The van der Waals surface area contributed by atoms with E-state index in [1.54, 1.807) is 0 Å². The second-order valence-corrected chi connectivity index (χ2v) is 3.65. The van der Waals surface area contributed by atoms with Gasteiger partial charge in [0.2, 0.25) is 0 Å². The lowest BCUT2D eigenvalue weighted by Crippen LogP contribution is -2.16. The molecular weight excluding hydrogens is 274 g/mol. The third-order valence-corrected chi connectivity index (χ3v) is 2.33. The van der Waals surface area contributed by atoms with Crippen molar-refractivity contribution in [3.63, 3.8) is 0 Å². The number of alkyl halides is 3. The lowest BCUT2D eigenvalue weighted by Gasteiger charge is -2.16. The maximum absolute atomic E-state index is 12.9. The van der Waals surface area contributed by atoms with Crippen LogP contribution in [0.4, 0.5) is 17.6 Å². The average molecular weight is 288 g/mol. The van der Waals surface area contributed by atoms with Gasteiger partial charge in [0.05, 0.1) is 7.11 Å². The molecule has 18 heavy (non-hydrogen) atoms. The van der Waals surface area contributed by atoms with Gasteiger partial charge in [-0.1, -0.05) is 6.07 Å². The van der Waals surface area contributed by atoms with Crippen molar-refractivity contribution in [1.29, 1.82) is 0 Å². The van der Waals surface area contributed by atoms with E-state index in [9.17, 15) is 17.6 Å². The summed E-state index contributed by atoms with van der Waals surface area (Å²) < 4.78 is 53.8. The van der Waals surface area contributed by atoms with Crippen molar-refractivity contribution in [1.82, 2.24) is 0 Å². The molecule has 0 amide bonds. The first-order valence-electron chi connectivity index (χ1n) is 4.99. The monoisotopic (exact) mass is 287 g/mol. The standard InChI is InChI=1S/C11H13F4NO.ClH/c1-17-10-6-7(12)2-3-8(10)9(16)4-5-11(13,14)15;/h2-3,6,9H,4-5,16H2,1H3;1H/t9-;/m0./s1. The van der Waals surface area contributed by atoms with Crippen molar-refractivity contribution >= 4 is 12.4 Å². The van der Waals surface area contributed by atoms with Gasteiger partial charge in [-0.2, -0.15) is 13.2 Å². The van der Waals surface area contributed by atoms with Gasteiger partial charge < -0.3 is 10.5 Å². The van der Waals surface area contributed by atoms with Crippen molar-refractivity contribution in [3.8, 4) is 5.75 Å². The Bertz CT molecular complexity index is 384.